The van der Waals surface area contributed by atoms with Crippen LogP contribution in [0.2, 0.25) is 0 Å². The summed E-state index contributed by atoms with van der Waals surface area (Å²) in [5.41, 5.74) is 3.73. The van der Waals surface area contributed by atoms with Crippen LogP contribution in [0.4, 0.5) is 5.69 Å². The standard InChI is InChI=1S/C16H23N3O3/c1-5-14-13(16(22-4)19(2)18-14)9-17-12-6-7-15(21-3)11(8-12)10-20/h6-8,17,20H,5,9-10H2,1-4H3. The number of aryl methyl sites for hydroxylation is 2. The number of aromatic nitrogens is 2. The van der Waals surface area contributed by atoms with E-state index in [1.54, 1.807) is 18.9 Å². The minimum Gasteiger partial charge on any atom is -0.496 e. The van der Waals surface area contributed by atoms with E-state index in [0.29, 0.717) is 12.3 Å². The third-order valence-electron chi connectivity index (χ3n) is 3.62. The summed E-state index contributed by atoms with van der Waals surface area (Å²) in [6.45, 7) is 2.62. The van der Waals surface area contributed by atoms with E-state index in [1.807, 2.05) is 25.2 Å². The monoisotopic (exact) mass is 305 g/mol. The van der Waals surface area contributed by atoms with Crippen molar-refractivity contribution in [1.82, 2.24) is 9.78 Å². The average Bonchev–Trinajstić information content (AvgIpc) is 2.87. The Hall–Kier alpha value is -2.21. The molecule has 1 aromatic carbocycles. The summed E-state index contributed by atoms with van der Waals surface area (Å²) < 4.78 is 12.4. The molecule has 2 aromatic rings. The maximum absolute atomic E-state index is 9.39. The molecular weight excluding hydrogens is 282 g/mol. The van der Waals surface area contributed by atoms with Crippen LogP contribution < -0.4 is 14.8 Å². The zero-order valence-electron chi connectivity index (χ0n) is 13.5. The third-order valence-corrected chi connectivity index (χ3v) is 3.62. The summed E-state index contributed by atoms with van der Waals surface area (Å²) in [4.78, 5) is 0. The Bertz CT molecular complexity index is 638. The lowest BCUT2D eigenvalue weighted by molar-refractivity contribution is 0.274. The fourth-order valence-electron chi connectivity index (χ4n) is 2.53. The van der Waals surface area contributed by atoms with Crippen LogP contribution in [0.3, 0.4) is 0 Å². The van der Waals surface area contributed by atoms with Crippen molar-refractivity contribution in [1.29, 1.82) is 0 Å². The van der Waals surface area contributed by atoms with Gasteiger partial charge in [0.2, 0.25) is 5.88 Å². The van der Waals surface area contributed by atoms with Gasteiger partial charge in [-0.25, -0.2) is 4.68 Å². The molecule has 120 valence electrons. The molecule has 2 N–H and O–H groups in total. The number of nitrogens with zero attached hydrogens (tertiary/aromatic N) is 2. The summed E-state index contributed by atoms with van der Waals surface area (Å²) in [5, 5.41) is 17.2. The number of hydrogen-bond donors (Lipinski definition) is 2. The number of anilines is 1. The SMILES string of the molecule is CCc1nn(C)c(OC)c1CNc1ccc(OC)c(CO)c1. The quantitative estimate of drug-likeness (QED) is 0.820. The molecule has 0 aliphatic heterocycles. The highest BCUT2D eigenvalue weighted by molar-refractivity contribution is 5.52. The first-order valence-corrected chi connectivity index (χ1v) is 7.24. The van der Waals surface area contributed by atoms with Gasteiger partial charge in [0.1, 0.15) is 5.75 Å². The van der Waals surface area contributed by atoms with E-state index in [1.165, 1.54) is 0 Å². The Balaban J connectivity index is 2.20. The number of hydrogen-bond acceptors (Lipinski definition) is 5. The number of benzene rings is 1. The number of ether oxygens (including phenoxy) is 2. The molecule has 0 radical (unpaired) electrons. The van der Waals surface area contributed by atoms with Crippen LogP contribution in [0.5, 0.6) is 11.6 Å². The molecule has 0 bridgehead atoms. The second kappa shape index (κ2) is 7.17. The number of nitrogens with one attached hydrogen (secondary N) is 1. The molecule has 6 heteroatoms. The minimum atomic E-state index is -0.0604. The number of aliphatic hydroxyl groups excluding tert-OH is 1. The van der Waals surface area contributed by atoms with Crippen molar-refractivity contribution in [2.75, 3.05) is 19.5 Å². The van der Waals surface area contributed by atoms with E-state index < -0.39 is 0 Å². The topological polar surface area (TPSA) is 68.5 Å². The van der Waals surface area contributed by atoms with Crippen molar-refractivity contribution in [2.24, 2.45) is 7.05 Å². The largest absolute Gasteiger partial charge is 0.496 e. The minimum absolute atomic E-state index is 0.0604. The molecule has 0 spiro atoms. The van der Waals surface area contributed by atoms with Gasteiger partial charge in [0, 0.05) is 24.8 Å². The zero-order valence-corrected chi connectivity index (χ0v) is 13.5. The van der Waals surface area contributed by atoms with Crippen LogP contribution in [0.25, 0.3) is 0 Å². The molecule has 0 amide bonds. The van der Waals surface area contributed by atoms with Gasteiger partial charge in [-0.3, -0.25) is 0 Å². The first-order valence-electron chi connectivity index (χ1n) is 7.24. The van der Waals surface area contributed by atoms with Crippen molar-refractivity contribution < 1.29 is 14.6 Å². The van der Waals surface area contributed by atoms with Crippen LogP contribution in [-0.4, -0.2) is 29.1 Å². The fourth-order valence-corrected chi connectivity index (χ4v) is 2.53. The lowest BCUT2D eigenvalue weighted by Gasteiger charge is -2.12. The first-order chi connectivity index (χ1) is 10.6. The number of aliphatic hydroxyl groups is 1. The van der Waals surface area contributed by atoms with Crippen molar-refractivity contribution in [2.45, 2.75) is 26.5 Å². The van der Waals surface area contributed by atoms with Crippen LogP contribution in [0.15, 0.2) is 18.2 Å². The third kappa shape index (κ3) is 3.17. The van der Waals surface area contributed by atoms with Gasteiger partial charge >= 0.3 is 0 Å². The number of methoxy groups -OCH3 is 2. The molecule has 22 heavy (non-hydrogen) atoms. The Morgan fingerprint density at radius 3 is 2.64 bits per heavy atom. The first kappa shape index (κ1) is 16.2. The van der Waals surface area contributed by atoms with E-state index in [-0.39, 0.29) is 6.61 Å². The molecule has 0 aliphatic rings. The Labute approximate surface area is 130 Å². The molecule has 6 nitrogen and oxygen atoms in total. The molecule has 0 fully saturated rings. The summed E-state index contributed by atoms with van der Waals surface area (Å²) in [7, 11) is 5.12. The summed E-state index contributed by atoms with van der Waals surface area (Å²) in [6.07, 6.45) is 0.846. The maximum atomic E-state index is 9.39. The Morgan fingerprint density at radius 1 is 1.27 bits per heavy atom. The van der Waals surface area contributed by atoms with Crippen LogP contribution in [0, 0.1) is 0 Å². The maximum Gasteiger partial charge on any atom is 0.216 e. The van der Waals surface area contributed by atoms with Crippen molar-refractivity contribution in [3.63, 3.8) is 0 Å². The highest BCUT2D eigenvalue weighted by Crippen LogP contribution is 2.26. The molecule has 1 aromatic heterocycles. The van der Waals surface area contributed by atoms with E-state index in [4.69, 9.17) is 9.47 Å². The summed E-state index contributed by atoms with van der Waals surface area (Å²) in [5.74, 6) is 1.45. The molecule has 2 rings (SSSR count). The zero-order chi connectivity index (χ0) is 16.1. The van der Waals surface area contributed by atoms with Crippen LogP contribution >= 0.6 is 0 Å². The van der Waals surface area contributed by atoms with E-state index in [2.05, 4.69) is 17.3 Å². The van der Waals surface area contributed by atoms with Gasteiger partial charge in [0.25, 0.3) is 0 Å². The second-order valence-electron chi connectivity index (χ2n) is 4.95. The molecule has 0 aliphatic carbocycles. The van der Waals surface area contributed by atoms with Crippen molar-refractivity contribution >= 4 is 5.69 Å². The molecule has 1 heterocycles. The predicted octanol–water partition coefficient (Wildman–Crippen LogP) is 2.10. The van der Waals surface area contributed by atoms with Gasteiger partial charge in [0.05, 0.1) is 32.1 Å². The van der Waals surface area contributed by atoms with Gasteiger partial charge in [-0.15, -0.1) is 0 Å². The van der Waals surface area contributed by atoms with Gasteiger partial charge in [-0.2, -0.15) is 5.10 Å². The van der Waals surface area contributed by atoms with Crippen molar-refractivity contribution in [3.05, 3.63) is 35.0 Å². The smallest absolute Gasteiger partial charge is 0.216 e. The van der Waals surface area contributed by atoms with Gasteiger partial charge in [0.15, 0.2) is 0 Å². The lowest BCUT2D eigenvalue weighted by Crippen LogP contribution is -2.04. The lowest BCUT2D eigenvalue weighted by atomic mass is 10.1. The Morgan fingerprint density at radius 2 is 2.05 bits per heavy atom. The van der Waals surface area contributed by atoms with Gasteiger partial charge in [-0.1, -0.05) is 6.92 Å². The fraction of sp³-hybridized carbons (Fsp3) is 0.438. The van der Waals surface area contributed by atoms with Crippen molar-refractivity contribution in [3.8, 4) is 11.6 Å². The predicted molar refractivity (Wildman–Crippen MR) is 85.4 cm³/mol. The normalized spacial score (nSPS) is 10.6. The molecule has 0 saturated carbocycles. The molecule has 0 unspecified atom stereocenters. The van der Waals surface area contributed by atoms with E-state index >= 15 is 0 Å². The molecule has 0 saturated heterocycles. The van der Waals surface area contributed by atoms with Gasteiger partial charge in [-0.05, 0) is 24.6 Å². The highest BCUT2D eigenvalue weighted by atomic mass is 16.5. The average molecular weight is 305 g/mol. The highest BCUT2D eigenvalue weighted by Gasteiger charge is 2.15. The van der Waals surface area contributed by atoms with Crippen LogP contribution in [-0.2, 0) is 26.6 Å². The summed E-state index contributed by atoms with van der Waals surface area (Å²) in [6, 6.07) is 5.65. The van der Waals surface area contributed by atoms with E-state index in [0.717, 1.165) is 34.8 Å². The molecular formula is C16H23N3O3. The number of rotatable bonds is 7. The summed E-state index contributed by atoms with van der Waals surface area (Å²) >= 11 is 0. The van der Waals surface area contributed by atoms with Gasteiger partial charge < -0.3 is 19.9 Å². The van der Waals surface area contributed by atoms with Crippen LogP contribution in [0.1, 0.15) is 23.7 Å². The van der Waals surface area contributed by atoms with E-state index in [9.17, 15) is 5.11 Å². The Kier molecular flexibility index (Phi) is 5.27. The second-order valence-corrected chi connectivity index (χ2v) is 4.95. The molecule has 0 atom stereocenters.